The first-order valence-corrected chi connectivity index (χ1v) is 7.97. The molecule has 22 heavy (non-hydrogen) atoms. The molecule has 0 unspecified atom stereocenters. The van der Waals surface area contributed by atoms with E-state index in [0.717, 1.165) is 6.42 Å². The highest BCUT2D eigenvalue weighted by atomic mass is 19.0. The van der Waals surface area contributed by atoms with Gasteiger partial charge >= 0.3 is 0 Å². The number of rotatable bonds is 1. The zero-order valence-corrected chi connectivity index (χ0v) is 15.4. The second-order valence-corrected chi connectivity index (χ2v) is 2.99. The van der Waals surface area contributed by atoms with Crippen molar-refractivity contribution in [2.75, 3.05) is 0 Å². The zero-order valence-electron chi connectivity index (χ0n) is 15.4. The first-order valence-electron chi connectivity index (χ1n) is 7.97. The standard InChI is InChI=1S/C8H10.C6H6.3C2H6.2FH/c1-2-8-6-4-3-5-7-8;1-2-4-6-5-3-1;3*1-2;;/h3-7H,2H2,1H3;1-6H;3*1-2H3;2*1H. The van der Waals surface area contributed by atoms with Crippen molar-refractivity contribution in [2.45, 2.75) is 54.9 Å². The van der Waals surface area contributed by atoms with Crippen LogP contribution in [0.4, 0.5) is 9.41 Å². The van der Waals surface area contributed by atoms with Crippen molar-refractivity contribution in [2.24, 2.45) is 0 Å². The minimum Gasteiger partial charge on any atom is -0.269 e. The van der Waals surface area contributed by atoms with Gasteiger partial charge in [-0.15, -0.1) is 0 Å². The molecule has 0 aliphatic carbocycles. The molecule has 0 N–H and O–H groups in total. The molecular weight excluding hydrogens is 278 g/mol. The molecular formula is C20H36F2. The SMILES string of the molecule is CC.CC.CC.CCc1ccccc1.F.F.c1ccccc1. The van der Waals surface area contributed by atoms with E-state index >= 15 is 0 Å². The molecule has 2 heteroatoms. The van der Waals surface area contributed by atoms with Crippen LogP contribution in [-0.4, -0.2) is 0 Å². The normalized spacial score (nSPS) is 6.32. The van der Waals surface area contributed by atoms with Crippen molar-refractivity contribution in [3.05, 3.63) is 72.3 Å². The summed E-state index contributed by atoms with van der Waals surface area (Å²) in [5.41, 5.74) is 1.41. The average molecular weight is 315 g/mol. The number of halogens is 2. The lowest BCUT2D eigenvalue weighted by atomic mass is 10.2. The Hall–Kier alpha value is -1.70. The van der Waals surface area contributed by atoms with Gasteiger partial charge in [-0.1, -0.05) is 115 Å². The summed E-state index contributed by atoms with van der Waals surface area (Å²) in [7, 11) is 0. The second kappa shape index (κ2) is 36.5. The number of hydrogen-bond donors (Lipinski definition) is 0. The molecule has 0 saturated heterocycles. The molecule has 0 aliphatic rings. The van der Waals surface area contributed by atoms with E-state index in [2.05, 4.69) is 31.2 Å². The second-order valence-electron chi connectivity index (χ2n) is 2.99. The van der Waals surface area contributed by atoms with Gasteiger partial charge in [0.05, 0.1) is 0 Å². The molecule has 0 amide bonds. The van der Waals surface area contributed by atoms with Crippen molar-refractivity contribution in [1.82, 2.24) is 0 Å². The van der Waals surface area contributed by atoms with Crippen molar-refractivity contribution in [1.29, 1.82) is 0 Å². The summed E-state index contributed by atoms with van der Waals surface area (Å²) in [6.45, 7) is 14.2. The molecule has 0 spiro atoms. The van der Waals surface area contributed by atoms with E-state index < -0.39 is 0 Å². The van der Waals surface area contributed by atoms with Crippen molar-refractivity contribution in [3.63, 3.8) is 0 Å². The van der Waals surface area contributed by atoms with Gasteiger partial charge in [0.2, 0.25) is 0 Å². The summed E-state index contributed by atoms with van der Waals surface area (Å²) in [6, 6.07) is 22.5. The Morgan fingerprint density at radius 3 is 0.909 bits per heavy atom. The fourth-order valence-electron chi connectivity index (χ4n) is 1.10. The molecule has 2 rings (SSSR count). The van der Waals surface area contributed by atoms with Crippen LogP contribution in [0.15, 0.2) is 66.7 Å². The van der Waals surface area contributed by atoms with Gasteiger partial charge in [-0.25, -0.2) is 0 Å². The van der Waals surface area contributed by atoms with Crippen LogP contribution in [0.2, 0.25) is 0 Å². The van der Waals surface area contributed by atoms with Gasteiger partial charge in [0.15, 0.2) is 0 Å². The van der Waals surface area contributed by atoms with E-state index in [1.165, 1.54) is 5.56 Å². The van der Waals surface area contributed by atoms with Crippen LogP contribution in [0.1, 0.15) is 54.0 Å². The van der Waals surface area contributed by atoms with E-state index in [0.29, 0.717) is 0 Å². The van der Waals surface area contributed by atoms with Crippen molar-refractivity contribution >= 4 is 0 Å². The summed E-state index contributed by atoms with van der Waals surface area (Å²) in [5, 5.41) is 0. The van der Waals surface area contributed by atoms with Crippen LogP contribution < -0.4 is 0 Å². The smallest absolute Gasteiger partial charge is 0.0307 e. The van der Waals surface area contributed by atoms with Gasteiger partial charge in [0.1, 0.15) is 0 Å². The maximum atomic E-state index is 2.16. The topological polar surface area (TPSA) is 0 Å². The van der Waals surface area contributed by atoms with Gasteiger partial charge in [-0.05, 0) is 12.0 Å². The van der Waals surface area contributed by atoms with E-state index in [1.54, 1.807) is 0 Å². The summed E-state index contributed by atoms with van der Waals surface area (Å²) in [4.78, 5) is 0. The molecule has 0 radical (unpaired) electrons. The Morgan fingerprint density at radius 2 is 0.727 bits per heavy atom. The molecule has 2 aromatic rings. The first kappa shape index (κ1) is 32.3. The quantitative estimate of drug-likeness (QED) is 0.517. The third-order valence-electron chi connectivity index (χ3n) is 1.92. The fraction of sp³-hybridized carbons (Fsp3) is 0.400. The lowest BCUT2D eigenvalue weighted by molar-refractivity contribution is 1.11. The van der Waals surface area contributed by atoms with E-state index in [1.807, 2.05) is 84.0 Å². The Morgan fingerprint density at radius 1 is 0.500 bits per heavy atom. The monoisotopic (exact) mass is 314 g/mol. The minimum absolute atomic E-state index is 0. The summed E-state index contributed by atoms with van der Waals surface area (Å²) in [6.07, 6.45) is 1.14. The minimum atomic E-state index is 0. The van der Waals surface area contributed by atoms with Crippen LogP contribution in [0, 0.1) is 0 Å². The molecule has 2 aromatic carbocycles. The van der Waals surface area contributed by atoms with E-state index in [4.69, 9.17) is 0 Å². The summed E-state index contributed by atoms with van der Waals surface area (Å²) in [5.74, 6) is 0. The molecule has 0 saturated carbocycles. The molecule has 0 fully saturated rings. The van der Waals surface area contributed by atoms with Crippen LogP contribution >= 0.6 is 0 Å². The van der Waals surface area contributed by atoms with E-state index in [-0.39, 0.29) is 9.41 Å². The Balaban J connectivity index is -0.0000000621. The molecule has 0 atom stereocenters. The van der Waals surface area contributed by atoms with Gasteiger partial charge in [-0.2, -0.15) is 0 Å². The Kier molecular flexibility index (Phi) is 53.6. The lowest BCUT2D eigenvalue weighted by Gasteiger charge is -1.89. The highest BCUT2D eigenvalue weighted by Gasteiger charge is 1.79. The van der Waals surface area contributed by atoms with Crippen LogP contribution in [0.5, 0.6) is 0 Å². The summed E-state index contributed by atoms with van der Waals surface area (Å²) >= 11 is 0. The van der Waals surface area contributed by atoms with Crippen molar-refractivity contribution in [3.8, 4) is 0 Å². The summed E-state index contributed by atoms with van der Waals surface area (Å²) < 4.78 is 0. The fourth-order valence-corrected chi connectivity index (χ4v) is 1.10. The Labute approximate surface area is 137 Å². The van der Waals surface area contributed by atoms with Gasteiger partial charge in [-0.3, -0.25) is 9.41 Å². The molecule has 0 bridgehead atoms. The third-order valence-corrected chi connectivity index (χ3v) is 1.92. The van der Waals surface area contributed by atoms with Gasteiger partial charge in [0, 0.05) is 0 Å². The largest absolute Gasteiger partial charge is 0.269 e. The predicted molar refractivity (Wildman–Crippen MR) is 101 cm³/mol. The van der Waals surface area contributed by atoms with Crippen LogP contribution in [0.25, 0.3) is 0 Å². The zero-order chi connectivity index (χ0) is 16.1. The van der Waals surface area contributed by atoms with Crippen molar-refractivity contribution < 1.29 is 9.41 Å². The molecule has 130 valence electrons. The lowest BCUT2D eigenvalue weighted by Crippen LogP contribution is -1.73. The molecule has 0 nitrogen and oxygen atoms in total. The van der Waals surface area contributed by atoms with Gasteiger partial charge < -0.3 is 0 Å². The predicted octanol–water partition coefficient (Wildman–Crippen LogP) is 7.32. The maximum Gasteiger partial charge on any atom is -0.0307 e. The average Bonchev–Trinajstić information content (AvgIpc) is 2.63. The highest BCUT2D eigenvalue weighted by Crippen LogP contribution is 1.96. The molecule has 0 aromatic heterocycles. The number of hydrogen-bond acceptors (Lipinski definition) is 0. The van der Waals surface area contributed by atoms with E-state index in [9.17, 15) is 0 Å². The van der Waals surface area contributed by atoms with Crippen LogP contribution in [-0.2, 0) is 6.42 Å². The Bertz CT molecular complexity index is 293. The maximum absolute atomic E-state index is 2.16. The van der Waals surface area contributed by atoms with Crippen LogP contribution in [0.3, 0.4) is 0 Å². The number of benzene rings is 2. The highest BCUT2D eigenvalue weighted by molar-refractivity contribution is 5.13. The van der Waals surface area contributed by atoms with Gasteiger partial charge in [0.25, 0.3) is 0 Å². The first-order chi connectivity index (χ1) is 9.93. The number of aryl methyl sites for hydroxylation is 1. The third kappa shape index (κ3) is 26.8. The molecule has 0 heterocycles. The molecule has 0 aliphatic heterocycles.